The molecule has 1 amide bonds. The Morgan fingerprint density at radius 3 is 2.78 bits per heavy atom. The van der Waals surface area contributed by atoms with E-state index < -0.39 is 0 Å². The first-order valence-corrected chi connectivity index (χ1v) is 9.33. The number of amides is 1. The predicted octanol–water partition coefficient (Wildman–Crippen LogP) is 0.856. The summed E-state index contributed by atoms with van der Waals surface area (Å²) in [5.74, 6) is -0.325. The van der Waals surface area contributed by atoms with Gasteiger partial charge in [0.1, 0.15) is 5.56 Å². The third-order valence-electron chi connectivity index (χ3n) is 4.75. The topological polar surface area (TPSA) is 76.5 Å². The average molecular weight is 370 g/mol. The fraction of sp³-hybridized carbons (Fsp3) is 0.450. The molecule has 144 valence electrons. The van der Waals surface area contributed by atoms with Gasteiger partial charge < -0.3 is 14.6 Å². The molecule has 0 bridgehead atoms. The molecular weight excluding hydrogens is 344 g/mol. The lowest BCUT2D eigenvalue weighted by Crippen LogP contribution is -2.40. The van der Waals surface area contributed by atoms with Gasteiger partial charge in [0.2, 0.25) is 0 Å². The van der Waals surface area contributed by atoms with Gasteiger partial charge in [-0.05, 0) is 30.7 Å². The van der Waals surface area contributed by atoms with Crippen molar-refractivity contribution in [2.24, 2.45) is 0 Å². The minimum Gasteiger partial charge on any atom is -0.379 e. The second kappa shape index (κ2) is 9.43. The van der Waals surface area contributed by atoms with Gasteiger partial charge in [-0.1, -0.05) is 6.07 Å². The van der Waals surface area contributed by atoms with Crippen LogP contribution in [0.2, 0.25) is 0 Å². The van der Waals surface area contributed by atoms with E-state index in [1.807, 2.05) is 24.3 Å². The number of aryl methyl sites for hydroxylation is 1. The molecule has 0 spiro atoms. The summed E-state index contributed by atoms with van der Waals surface area (Å²) in [5, 5.41) is 2.84. The molecule has 1 N–H and O–H groups in total. The molecule has 2 aromatic rings. The Labute approximate surface area is 159 Å². The Morgan fingerprint density at radius 1 is 1.22 bits per heavy atom. The summed E-state index contributed by atoms with van der Waals surface area (Å²) in [6.45, 7) is 6.78. The molecule has 7 nitrogen and oxygen atoms in total. The van der Waals surface area contributed by atoms with E-state index >= 15 is 0 Å². The van der Waals surface area contributed by atoms with Gasteiger partial charge in [0.15, 0.2) is 0 Å². The van der Waals surface area contributed by atoms with E-state index in [1.54, 1.807) is 23.9 Å². The van der Waals surface area contributed by atoms with Crippen molar-refractivity contribution in [1.82, 2.24) is 19.8 Å². The van der Waals surface area contributed by atoms with Crippen molar-refractivity contribution in [1.29, 1.82) is 0 Å². The molecule has 0 saturated carbocycles. The second-order valence-electron chi connectivity index (χ2n) is 6.65. The molecule has 7 heteroatoms. The largest absolute Gasteiger partial charge is 0.379 e. The normalized spacial score (nSPS) is 14.9. The Kier molecular flexibility index (Phi) is 6.73. The highest BCUT2D eigenvalue weighted by Crippen LogP contribution is 2.04. The fourth-order valence-corrected chi connectivity index (χ4v) is 3.13. The minimum absolute atomic E-state index is 0.223. The molecule has 0 aliphatic carbocycles. The summed E-state index contributed by atoms with van der Waals surface area (Å²) in [7, 11) is 0. The Hall–Kier alpha value is -2.51. The molecule has 1 aliphatic rings. The van der Waals surface area contributed by atoms with Gasteiger partial charge in [-0.25, -0.2) is 0 Å². The first kappa shape index (κ1) is 19.3. The van der Waals surface area contributed by atoms with Crippen LogP contribution in [0.25, 0.3) is 0 Å². The van der Waals surface area contributed by atoms with Crippen LogP contribution in [0.15, 0.2) is 41.5 Å². The zero-order chi connectivity index (χ0) is 19.1. The molecular formula is C20H26N4O3. The highest BCUT2D eigenvalue weighted by molar-refractivity contribution is 5.95. The predicted molar refractivity (Wildman–Crippen MR) is 103 cm³/mol. The highest BCUT2D eigenvalue weighted by atomic mass is 16.5. The van der Waals surface area contributed by atoms with Crippen molar-refractivity contribution in [3.8, 4) is 0 Å². The lowest BCUT2D eigenvalue weighted by atomic mass is 10.1. The van der Waals surface area contributed by atoms with Crippen LogP contribution in [-0.2, 0) is 17.7 Å². The second-order valence-corrected chi connectivity index (χ2v) is 6.65. The van der Waals surface area contributed by atoms with E-state index in [9.17, 15) is 9.59 Å². The smallest absolute Gasteiger partial charge is 0.263 e. The molecule has 1 saturated heterocycles. The summed E-state index contributed by atoms with van der Waals surface area (Å²) in [4.78, 5) is 31.8. The van der Waals surface area contributed by atoms with Crippen LogP contribution in [0.1, 0.15) is 21.6 Å². The summed E-state index contributed by atoms with van der Waals surface area (Å²) >= 11 is 0. The average Bonchev–Trinajstić information content (AvgIpc) is 2.69. The van der Waals surface area contributed by atoms with Crippen LogP contribution in [0, 0.1) is 6.92 Å². The summed E-state index contributed by atoms with van der Waals surface area (Å²) in [6.07, 6.45) is 4.12. The third kappa shape index (κ3) is 5.24. The van der Waals surface area contributed by atoms with Gasteiger partial charge in [-0.2, -0.15) is 0 Å². The highest BCUT2D eigenvalue weighted by Gasteiger charge is 2.16. The molecule has 0 aromatic carbocycles. The Bertz CT molecular complexity index is 814. The number of nitrogens with one attached hydrogen (secondary N) is 1. The third-order valence-corrected chi connectivity index (χ3v) is 4.75. The number of nitrogens with zero attached hydrogens (tertiary/aromatic N) is 3. The Morgan fingerprint density at radius 2 is 2.04 bits per heavy atom. The molecule has 0 atom stereocenters. The van der Waals surface area contributed by atoms with E-state index in [4.69, 9.17) is 4.74 Å². The van der Waals surface area contributed by atoms with E-state index in [-0.39, 0.29) is 17.0 Å². The number of morpholine rings is 1. The molecule has 27 heavy (non-hydrogen) atoms. The van der Waals surface area contributed by atoms with E-state index in [0.717, 1.165) is 38.5 Å². The number of ether oxygens (including phenoxy) is 1. The number of carbonyl (C=O) groups excluding carboxylic acids is 1. The molecule has 3 rings (SSSR count). The van der Waals surface area contributed by atoms with E-state index in [1.165, 1.54) is 0 Å². The molecule has 0 unspecified atom stereocenters. The van der Waals surface area contributed by atoms with Crippen LogP contribution < -0.4 is 10.9 Å². The maximum Gasteiger partial charge on any atom is 0.263 e. The molecule has 1 fully saturated rings. The number of hydrogen-bond donors (Lipinski definition) is 1. The van der Waals surface area contributed by atoms with Gasteiger partial charge in [0, 0.05) is 57.2 Å². The number of carbonyl (C=O) groups is 1. The molecule has 1 aliphatic heterocycles. The van der Waals surface area contributed by atoms with Crippen molar-refractivity contribution in [2.45, 2.75) is 19.9 Å². The summed E-state index contributed by atoms with van der Waals surface area (Å²) in [5.41, 5.74) is 1.59. The maximum atomic E-state index is 12.8. The number of hydrogen-bond acceptors (Lipinski definition) is 5. The van der Waals surface area contributed by atoms with Gasteiger partial charge in [-0.3, -0.25) is 19.5 Å². The van der Waals surface area contributed by atoms with Gasteiger partial charge in [-0.15, -0.1) is 0 Å². The van der Waals surface area contributed by atoms with Gasteiger partial charge in [0.25, 0.3) is 11.5 Å². The zero-order valence-electron chi connectivity index (χ0n) is 15.7. The molecule has 0 radical (unpaired) electrons. The van der Waals surface area contributed by atoms with Crippen molar-refractivity contribution >= 4 is 5.91 Å². The van der Waals surface area contributed by atoms with E-state index in [0.29, 0.717) is 25.1 Å². The van der Waals surface area contributed by atoms with Crippen LogP contribution >= 0.6 is 0 Å². The fourth-order valence-electron chi connectivity index (χ4n) is 3.13. The van der Waals surface area contributed by atoms with Crippen molar-refractivity contribution in [2.75, 3.05) is 39.4 Å². The lowest BCUT2D eigenvalue weighted by molar-refractivity contribution is 0.0362. The number of pyridine rings is 2. The number of aromatic nitrogens is 2. The number of rotatable bonds is 7. The summed E-state index contributed by atoms with van der Waals surface area (Å²) in [6, 6.07) is 7.51. The van der Waals surface area contributed by atoms with Crippen molar-refractivity contribution < 1.29 is 9.53 Å². The van der Waals surface area contributed by atoms with Crippen molar-refractivity contribution in [3.05, 3.63) is 63.8 Å². The zero-order valence-corrected chi connectivity index (χ0v) is 15.7. The SMILES string of the molecule is Cc1ccn(CCN2CCOCC2)c(=O)c1C(=O)NCCc1ccccn1. The standard InChI is InChI=1S/C20H26N4O3/c1-16-6-9-24(11-10-23-12-14-27-15-13-23)20(26)18(16)19(25)22-8-5-17-4-2-3-7-21-17/h2-4,6-7,9H,5,8,10-15H2,1H3,(H,22,25). The molecule has 2 aromatic heterocycles. The van der Waals surface area contributed by atoms with E-state index in [2.05, 4.69) is 15.2 Å². The first-order valence-electron chi connectivity index (χ1n) is 9.33. The minimum atomic E-state index is -0.325. The van der Waals surface area contributed by atoms with Crippen molar-refractivity contribution in [3.63, 3.8) is 0 Å². The van der Waals surface area contributed by atoms with Crippen LogP contribution in [0.5, 0.6) is 0 Å². The monoisotopic (exact) mass is 370 g/mol. The van der Waals surface area contributed by atoms with Crippen LogP contribution in [0.3, 0.4) is 0 Å². The lowest BCUT2D eigenvalue weighted by Gasteiger charge is -2.26. The summed E-state index contributed by atoms with van der Waals surface area (Å²) < 4.78 is 6.96. The quantitative estimate of drug-likeness (QED) is 0.782. The van der Waals surface area contributed by atoms with Gasteiger partial charge in [0.05, 0.1) is 13.2 Å². The molecule has 3 heterocycles. The maximum absolute atomic E-state index is 12.8. The van der Waals surface area contributed by atoms with Crippen LogP contribution in [-0.4, -0.2) is 59.8 Å². The first-order chi connectivity index (χ1) is 13.1. The van der Waals surface area contributed by atoms with Gasteiger partial charge >= 0.3 is 0 Å². The Balaban J connectivity index is 1.61. The van der Waals surface area contributed by atoms with Crippen LogP contribution in [0.4, 0.5) is 0 Å².